The maximum atomic E-state index is 13.1. The Morgan fingerprint density at radius 2 is 2.33 bits per heavy atom. The van der Waals surface area contributed by atoms with Gasteiger partial charge < -0.3 is 10.3 Å². The average molecular weight is 268 g/mol. The Morgan fingerprint density at radius 1 is 1.50 bits per heavy atom. The van der Waals surface area contributed by atoms with Crippen molar-refractivity contribution < 1.29 is 4.39 Å². The number of rotatable bonds is 5. The van der Waals surface area contributed by atoms with Crippen LogP contribution in [0.3, 0.4) is 0 Å². The predicted molar refractivity (Wildman–Crippen MR) is 70.1 cm³/mol. The summed E-state index contributed by atoms with van der Waals surface area (Å²) in [6, 6.07) is 4.50. The maximum Gasteiger partial charge on any atom is 0.124 e. The van der Waals surface area contributed by atoms with Crippen LogP contribution in [0.5, 0.6) is 0 Å². The van der Waals surface area contributed by atoms with Gasteiger partial charge in [0.05, 0.1) is 0 Å². The van der Waals surface area contributed by atoms with Gasteiger partial charge in [-0.15, -0.1) is 0 Å². The van der Waals surface area contributed by atoms with E-state index in [1.54, 1.807) is 18.5 Å². The molecule has 1 aromatic carbocycles. The highest BCUT2D eigenvalue weighted by molar-refractivity contribution is 6.31. The standard InChI is InChI=1S/C13H15ClFN3/c1-2-16-12(8-13-17-5-6-18-13)10-4-3-9(15)7-11(10)14/h3-7,12,16H,2,8H2,1H3,(H,17,18). The van der Waals surface area contributed by atoms with Crippen molar-refractivity contribution in [2.24, 2.45) is 0 Å². The van der Waals surface area contributed by atoms with Gasteiger partial charge in [0.1, 0.15) is 11.6 Å². The number of halogens is 2. The van der Waals surface area contributed by atoms with E-state index in [1.807, 2.05) is 6.92 Å². The number of hydrogen-bond donors (Lipinski definition) is 2. The fraction of sp³-hybridized carbons (Fsp3) is 0.308. The molecule has 2 aromatic rings. The molecule has 1 heterocycles. The summed E-state index contributed by atoms with van der Waals surface area (Å²) in [5, 5.41) is 3.77. The summed E-state index contributed by atoms with van der Waals surface area (Å²) < 4.78 is 13.1. The van der Waals surface area contributed by atoms with Gasteiger partial charge in [-0.25, -0.2) is 9.37 Å². The zero-order valence-electron chi connectivity index (χ0n) is 10.1. The number of H-pyrrole nitrogens is 1. The van der Waals surface area contributed by atoms with Gasteiger partial charge in [0.15, 0.2) is 0 Å². The second-order valence-corrected chi connectivity index (χ2v) is 4.42. The van der Waals surface area contributed by atoms with Gasteiger partial charge in [0, 0.05) is 29.9 Å². The van der Waals surface area contributed by atoms with Crippen molar-refractivity contribution >= 4 is 11.6 Å². The Morgan fingerprint density at radius 3 is 2.94 bits per heavy atom. The number of aromatic nitrogens is 2. The summed E-state index contributed by atoms with van der Waals surface area (Å²) in [5.41, 5.74) is 0.885. The summed E-state index contributed by atoms with van der Waals surface area (Å²) >= 11 is 6.09. The summed E-state index contributed by atoms with van der Waals surface area (Å²) in [6.45, 7) is 2.83. The molecule has 2 N–H and O–H groups in total. The average Bonchev–Trinajstić information content (AvgIpc) is 2.81. The molecule has 3 nitrogen and oxygen atoms in total. The fourth-order valence-electron chi connectivity index (χ4n) is 1.93. The minimum absolute atomic E-state index is 0.0225. The molecule has 0 amide bonds. The van der Waals surface area contributed by atoms with Gasteiger partial charge in [-0.05, 0) is 24.2 Å². The Balaban J connectivity index is 2.23. The SMILES string of the molecule is CCNC(Cc1ncc[nH]1)c1ccc(F)cc1Cl. The van der Waals surface area contributed by atoms with Gasteiger partial charge in [-0.3, -0.25) is 0 Å². The van der Waals surface area contributed by atoms with Gasteiger partial charge in [0.2, 0.25) is 0 Å². The Labute approximate surface area is 110 Å². The number of benzene rings is 1. The van der Waals surface area contributed by atoms with Gasteiger partial charge in [-0.2, -0.15) is 0 Å². The number of nitrogens with one attached hydrogen (secondary N) is 2. The highest BCUT2D eigenvalue weighted by Crippen LogP contribution is 2.25. The molecule has 96 valence electrons. The lowest BCUT2D eigenvalue weighted by atomic mass is 10.0. The molecular weight excluding hydrogens is 253 g/mol. The zero-order chi connectivity index (χ0) is 13.0. The van der Waals surface area contributed by atoms with Crippen LogP contribution < -0.4 is 5.32 Å². The second-order valence-electron chi connectivity index (χ2n) is 4.02. The Kier molecular flexibility index (Phi) is 4.33. The van der Waals surface area contributed by atoms with Crippen LogP contribution in [-0.2, 0) is 6.42 Å². The molecule has 0 fully saturated rings. The molecule has 0 saturated heterocycles. The normalized spacial score (nSPS) is 12.6. The monoisotopic (exact) mass is 267 g/mol. The number of hydrogen-bond acceptors (Lipinski definition) is 2. The number of aromatic amines is 1. The highest BCUT2D eigenvalue weighted by atomic mass is 35.5. The predicted octanol–water partition coefficient (Wildman–Crippen LogP) is 3.10. The lowest BCUT2D eigenvalue weighted by molar-refractivity contribution is 0.537. The van der Waals surface area contributed by atoms with E-state index in [4.69, 9.17) is 11.6 Å². The topological polar surface area (TPSA) is 40.7 Å². The number of likely N-dealkylation sites (N-methyl/N-ethyl adjacent to an activating group) is 1. The molecule has 1 aromatic heterocycles. The van der Waals surface area contributed by atoms with Gasteiger partial charge in [0.25, 0.3) is 0 Å². The first-order chi connectivity index (χ1) is 8.70. The van der Waals surface area contributed by atoms with E-state index < -0.39 is 0 Å². The largest absolute Gasteiger partial charge is 0.349 e. The molecule has 5 heteroatoms. The highest BCUT2D eigenvalue weighted by Gasteiger charge is 2.16. The van der Waals surface area contributed by atoms with Crippen LogP contribution in [0.4, 0.5) is 4.39 Å². The van der Waals surface area contributed by atoms with Crippen molar-refractivity contribution in [2.45, 2.75) is 19.4 Å². The molecule has 2 rings (SSSR count). The third-order valence-electron chi connectivity index (χ3n) is 2.74. The van der Waals surface area contributed by atoms with Crippen LogP contribution in [0.2, 0.25) is 5.02 Å². The summed E-state index contributed by atoms with van der Waals surface area (Å²) in [4.78, 5) is 7.26. The summed E-state index contributed by atoms with van der Waals surface area (Å²) in [5.74, 6) is 0.554. The van der Waals surface area contributed by atoms with Crippen molar-refractivity contribution in [3.05, 3.63) is 52.8 Å². The first kappa shape index (κ1) is 13.1. The first-order valence-electron chi connectivity index (χ1n) is 5.87. The molecule has 0 aliphatic carbocycles. The molecule has 0 bridgehead atoms. The van der Waals surface area contributed by atoms with Crippen LogP contribution in [-0.4, -0.2) is 16.5 Å². The van der Waals surface area contributed by atoms with Crippen LogP contribution in [0, 0.1) is 5.82 Å². The van der Waals surface area contributed by atoms with Crippen molar-refractivity contribution in [3.63, 3.8) is 0 Å². The molecule has 1 unspecified atom stereocenters. The molecule has 18 heavy (non-hydrogen) atoms. The van der Waals surface area contributed by atoms with E-state index in [9.17, 15) is 4.39 Å². The van der Waals surface area contributed by atoms with Crippen LogP contribution in [0.15, 0.2) is 30.6 Å². The molecule has 1 atom stereocenters. The van der Waals surface area contributed by atoms with Crippen LogP contribution in [0.1, 0.15) is 24.4 Å². The number of imidazole rings is 1. The fourth-order valence-corrected chi connectivity index (χ4v) is 2.22. The third kappa shape index (κ3) is 3.09. The van der Waals surface area contributed by atoms with E-state index in [0.717, 1.165) is 17.9 Å². The van der Waals surface area contributed by atoms with Crippen LogP contribution in [0.25, 0.3) is 0 Å². The molecule has 0 spiro atoms. The Bertz CT molecular complexity index is 499. The molecular formula is C13H15ClFN3. The second kappa shape index (κ2) is 5.98. The molecule has 0 saturated carbocycles. The van der Waals surface area contributed by atoms with E-state index in [1.165, 1.54) is 12.1 Å². The van der Waals surface area contributed by atoms with Crippen molar-refractivity contribution in [1.29, 1.82) is 0 Å². The minimum atomic E-state index is -0.322. The lowest BCUT2D eigenvalue weighted by Gasteiger charge is -2.18. The quantitative estimate of drug-likeness (QED) is 0.874. The summed E-state index contributed by atoms with van der Waals surface area (Å²) in [6.07, 6.45) is 4.18. The maximum absolute atomic E-state index is 13.1. The lowest BCUT2D eigenvalue weighted by Crippen LogP contribution is -2.23. The van der Waals surface area contributed by atoms with E-state index in [2.05, 4.69) is 15.3 Å². The van der Waals surface area contributed by atoms with E-state index in [-0.39, 0.29) is 11.9 Å². The molecule has 0 radical (unpaired) electrons. The van der Waals surface area contributed by atoms with Crippen molar-refractivity contribution in [2.75, 3.05) is 6.54 Å². The molecule has 0 aliphatic heterocycles. The van der Waals surface area contributed by atoms with Gasteiger partial charge in [-0.1, -0.05) is 24.6 Å². The summed E-state index contributed by atoms with van der Waals surface area (Å²) in [7, 11) is 0. The molecule has 0 aliphatic rings. The third-order valence-corrected chi connectivity index (χ3v) is 3.07. The smallest absolute Gasteiger partial charge is 0.124 e. The van der Waals surface area contributed by atoms with Crippen molar-refractivity contribution in [3.8, 4) is 0 Å². The first-order valence-corrected chi connectivity index (χ1v) is 6.25. The number of nitrogens with zero attached hydrogens (tertiary/aromatic N) is 1. The van der Waals surface area contributed by atoms with Crippen LogP contribution >= 0.6 is 11.6 Å². The van der Waals surface area contributed by atoms with Gasteiger partial charge >= 0.3 is 0 Å². The van der Waals surface area contributed by atoms with E-state index >= 15 is 0 Å². The van der Waals surface area contributed by atoms with Crippen molar-refractivity contribution in [1.82, 2.24) is 15.3 Å². The van der Waals surface area contributed by atoms with E-state index in [0.29, 0.717) is 11.4 Å². The Hall–Kier alpha value is -1.39. The zero-order valence-corrected chi connectivity index (χ0v) is 10.8. The minimum Gasteiger partial charge on any atom is -0.349 e.